The molecule has 0 spiro atoms. The van der Waals surface area contributed by atoms with E-state index in [9.17, 15) is 4.79 Å². The normalized spacial score (nSPS) is 11.4. The molecular weight excluding hydrogens is 326 g/mol. The van der Waals surface area contributed by atoms with Crippen LogP contribution in [0.25, 0.3) is 44.5 Å². The molecule has 0 radical (unpaired) electrons. The number of nitrogens with one attached hydrogen (secondary N) is 2. The summed E-state index contributed by atoms with van der Waals surface area (Å²) in [4.78, 5) is 23.3. The van der Waals surface area contributed by atoms with Crippen molar-refractivity contribution in [3.05, 3.63) is 76.9 Å². The molecule has 0 bridgehead atoms. The van der Waals surface area contributed by atoms with Gasteiger partial charge in [-0.2, -0.15) is 0 Å². The minimum absolute atomic E-state index is 0.0845. The molecule has 2 aromatic carbocycles. The standard InChI is InChI=1S/C21H15N3O2/c1-12-17(13-5-4-6-14(11-13)21-22-9-10-26-21)19-18(24-20(12)25)15-7-2-3-8-16(15)23-19/h2-11,23H,1H3,(H,24,25). The Hall–Kier alpha value is -3.60. The number of aromatic nitrogens is 3. The number of fused-ring (bicyclic) bond motifs is 3. The molecule has 5 rings (SSSR count). The molecule has 126 valence electrons. The molecule has 0 unspecified atom stereocenters. The van der Waals surface area contributed by atoms with Gasteiger partial charge in [0.1, 0.15) is 6.26 Å². The Kier molecular flexibility index (Phi) is 3.09. The Labute approximate surface area is 148 Å². The second-order valence-corrected chi connectivity index (χ2v) is 6.29. The van der Waals surface area contributed by atoms with E-state index in [1.165, 1.54) is 0 Å². The molecule has 0 fully saturated rings. The lowest BCUT2D eigenvalue weighted by atomic mass is 9.98. The number of H-pyrrole nitrogens is 2. The number of benzene rings is 2. The van der Waals surface area contributed by atoms with E-state index in [-0.39, 0.29) is 5.56 Å². The Morgan fingerprint density at radius 1 is 0.962 bits per heavy atom. The van der Waals surface area contributed by atoms with Crippen molar-refractivity contribution >= 4 is 21.9 Å². The maximum absolute atomic E-state index is 12.6. The predicted octanol–water partition coefficient (Wildman–Crippen LogP) is 4.64. The van der Waals surface area contributed by atoms with Crippen molar-refractivity contribution in [2.75, 3.05) is 0 Å². The molecule has 0 atom stereocenters. The molecule has 0 aliphatic rings. The van der Waals surface area contributed by atoms with Gasteiger partial charge in [0.15, 0.2) is 0 Å². The molecule has 0 aliphatic carbocycles. The highest BCUT2D eigenvalue weighted by Crippen LogP contribution is 2.34. The van der Waals surface area contributed by atoms with Gasteiger partial charge in [0.25, 0.3) is 5.56 Å². The van der Waals surface area contributed by atoms with Crippen molar-refractivity contribution in [1.82, 2.24) is 15.0 Å². The molecule has 0 amide bonds. The van der Waals surface area contributed by atoms with Crippen molar-refractivity contribution < 1.29 is 4.42 Å². The number of para-hydroxylation sites is 1. The Bertz CT molecular complexity index is 1310. The van der Waals surface area contributed by atoms with Crippen LogP contribution in [0.1, 0.15) is 5.56 Å². The van der Waals surface area contributed by atoms with Gasteiger partial charge in [-0.25, -0.2) is 4.98 Å². The van der Waals surface area contributed by atoms with Crippen LogP contribution in [0.15, 0.2) is 70.2 Å². The van der Waals surface area contributed by atoms with E-state index in [1.807, 2.05) is 55.5 Å². The van der Waals surface area contributed by atoms with Gasteiger partial charge in [0, 0.05) is 27.6 Å². The first kappa shape index (κ1) is 14.7. The summed E-state index contributed by atoms with van der Waals surface area (Å²) in [6, 6.07) is 15.9. The molecule has 0 saturated heterocycles. The van der Waals surface area contributed by atoms with Crippen LogP contribution in [0.2, 0.25) is 0 Å². The summed E-state index contributed by atoms with van der Waals surface area (Å²) >= 11 is 0. The minimum Gasteiger partial charge on any atom is -0.445 e. The SMILES string of the molecule is Cc1c(-c2cccc(-c3ncco3)c2)c2[nH]c3ccccc3c2[nH]c1=O. The van der Waals surface area contributed by atoms with Gasteiger partial charge < -0.3 is 14.4 Å². The third-order valence-corrected chi connectivity index (χ3v) is 4.74. The van der Waals surface area contributed by atoms with Gasteiger partial charge in [0.2, 0.25) is 5.89 Å². The summed E-state index contributed by atoms with van der Waals surface area (Å²) < 4.78 is 5.41. The van der Waals surface area contributed by atoms with Crippen LogP contribution in [0.3, 0.4) is 0 Å². The topological polar surface area (TPSA) is 74.7 Å². The van der Waals surface area contributed by atoms with E-state index in [4.69, 9.17) is 4.42 Å². The van der Waals surface area contributed by atoms with E-state index in [1.54, 1.807) is 12.5 Å². The molecule has 26 heavy (non-hydrogen) atoms. The van der Waals surface area contributed by atoms with Crippen molar-refractivity contribution in [2.45, 2.75) is 6.92 Å². The van der Waals surface area contributed by atoms with Crippen molar-refractivity contribution in [2.24, 2.45) is 0 Å². The highest BCUT2D eigenvalue weighted by Gasteiger charge is 2.16. The highest BCUT2D eigenvalue weighted by atomic mass is 16.3. The smallest absolute Gasteiger partial charge is 0.252 e. The Balaban J connectivity index is 1.86. The van der Waals surface area contributed by atoms with Crippen LogP contribution in [0.5, 0.6) is 0 Å². The predicted molar refractivity (Wildman–Crippen MR) is 102 cm³/mol. The minimum atomic E-state index is -0.0845. The molecule has 3 heterocycles. The van der Waals surface area contributed by atoms with E-state index in [0.717, 1.165) is 38.6 Å². The fraction of sp³-hybridized carbons (Fsp3) is 0.0476. The monoisotopic (exact) mass is 341 g/mol. The number of oxazole rings is 1. The molecule has 0 saturated carbocycles. The van der Waals surface area contributed by atoms with Gasteiger partial charge in [-0.3, -0.25) is 4.79 Å². The number of pyridine rings is 1. The number of aromatic amines is 2. The third-order valence-electron chi connectivity index (χ3n) is 4.74. The largest absolute Gasteiger partial charge is 0.445 e. The quantitative estimate of drug-likeness (QED) is 0.491. The second kappa shape index (κ2) is 5.46. The summed E-state index contributed by atoms with van der Waals surface area (Å²) in [6.45, 7) is 1.84. The number of rotatable bonds is 2. The summed E-state index contributed by atoms with van der Waals surface area (Å²) in [6.07, 6.45) is 3.17. The van der Waals surface area contributed by atoms with E-state index in [2.05, 4.69) is 15.0 Å². The average molecular weight is 341 g/mol. The van der Waals surface area contributed by atoms with Crippen LogP contribution < -0.4 is 5.56 Å². The number of hydrogen-bond donors (Lipinski definition) is 2. The first-order valence-electron chi connectivity index (χ1n) is 8.36. The lowest BCUT2D eigenvalue weighted by molar-refractivity contribution is 0.574. The van der Waals surface area contributed by atoms with E-state index >= 15 is 0 Å². The number of hydrogen-bond acceptors (Lipinski definition) is 3. The van der Waals surface area contributed by atoms with E-state index < -0.39 is 0 Å². The van der Waals surface area contributed by atoms with Gasteiger partial charge in [-0.1, -0.05) is 30.3 Å². The lowest BCUT2D eigenvalue weighted by Crippen LogP contribution is -2.10. The fourth-order valence-corrected chi connectivity index (χ4v) is 3.50. The second-order valence-electron chi connectivity index (χ2n) is 6.29. The summed E-state index contributed by atoms with van der Waals surface area (Å²) in [7, 11) is 0. The molecule has 3 aromatic heterocycles. The Morgan fingerprint density at radius 2 is 1.81 bits per heavy atom. The molecule has 5 aromatic rings. The van der Waals surface area contributed by atoms with Crippen molar-refractivity contribution in [1.29, 1.82) is 0 Å². The molecule has 0 aliphatic heterocycles. The maximum Gasteiger partial charge on any atom is 0.252 e. The van der Waals surface area contributed by atoms with Crippen LogP contribution in [-0.4, -0.2) is 15.0 Å². The zero-order valence-electron chi connectivity index (χ0n) is 14.0. The third kappa shape index (κ3) is 2.10. The molecule has 5 nitrogen and oxygen atoms in total. The maximum atomic E-state index is 12.6. The van der Waals surface area contributed by atoms with Crippen molar-refractivity contribution in [3.63, 3.8) is 0 Å². The van der Waals surface area contributed by atoms with Crippen LogP contribution in [0.4, 0.5) is 0 Å². The molecular formula is C21H15N3O2. The van der Waals surface area contributed by atoms with Gasteiger partial charge in [0.05, 0.1) is 17.2 Å². The Morgan fingerprint density at radius 3 is 2.65 bits per heavy atom. The molecule has 5 heteroatoms. The summed E-state index contributed by atoms with van der Waals surface area (Å²) in [5.74, 6) is 0.558. The van der Waals surface area contributed by atoms with Gasteiger partial charge >= 0.3 is 0 Å². The summed E-state index contributed by atoms with van der Waals surface area (Å²) in [5, 5.41) is 1.00. The lowest BCUT2D eigenvalue weighted by Gasteiger charge is -2.08. The van der Waals surface area contributed by atoms with Crippen LogP contribution in [-0.2, 0) is 0 Å². The highest BCUT2D eigenvalue weighted by molar-refractivity contribution is 6.10. The zero-order valence-corrected chi connectivity index (χ0v) is 14.0. The van der Waals surface area contributed by atoms with Crippen LogP contribution in [0, 0.1) is 6.92 Å². The van der Waals surface area contributed by atoms with E-state index in [0.29, 0.717) is 11.5 Å². The molecule has 2 N–H and O–H groups in total. The fourth-order valence-electron chi connectivity index (χ4n) is 3.50. The van der Waals surface area contributed by atoms with Crippen molar-refractivity contribution in [3.8, 4) is 22.6 Å². The number of nitrogens with zero attached hydrogens (tertiary/aromatic N) is 1. The van der Waals surface area contributed by atoms with Gasteiger partial charge in [-0.15, -0.1) is 0 Å². The first-order valence-corrected chi connectivity index (χ1v) is 8.36. The summed E-state index contributed by atoms with van der Waals surface area (Å²) in [5.41, 5.74) is 6.05. The first-order chi connectivity index (χ1) is 12.7. The van der Waals surface area contributed by atoms with Gasteiger partial charge in [-0.05, 0) is 30.7 Å². The zero-order chi connectivity index (χ0) is 17.7. The van der Waals surface area contributed by atoms with Crippen LogP contribution >= 0.6 is 0 Å². The average Bonchev–Trinajstić information content (AvgIpc) is 3.31.